The van der Waals surface area contributed by atoms with E-state index in [2.05, 4.69) is 44.8 Å². The molecular weight excluding hydrogens is 224 g/mol. The van der Waals surface area contributed by atoms with E-state index in [-0.39, 0.29) is 11.2 Å². The number of ether oxygens (including phenoxy) is 1. The van der Waals surface area contributed by atoms with Crippen LogP contribution in [0, 0.1) is 5.92 Å². The second kappa shape index (κ2) is 5.10. The number of nitrogens with zero attached hydrogens (tertiary/aromatic N) is 1. The Kier molecular flexibility index (Phi) is 4.05. The highest BCUT2D eigenvalue weighted by molar-refractivity contribution is 5.06. The molecule has 0 amide bonds. The van der Waals surface area contributed by atoms with E-state index >= 15 is 0 Å². The number of likely N-dealkylation sites (N-methyl/N-ethyl adjacent to an activating group) is 1. The molecule has 18 heavy (non-hydrogen) atoms. The first-order valence-electron chi connectivity index (χ1n) is 7.53. The fourth-order valence-electron chi connectivity index (χ4n) is 3.88. The van der Waals surface area contributed by atoms with Gasteiger partial charge in [-0.2, -0.15) is 0 Å². The first-order valence-corrected chi connectivity index (χ1v) is 7.53. The Morgan fingerprint density at radius 3 is 2.28 bits per heavy atom. The summed E-state index contributed by atoms with van der Waals surface area (Å²) in [5.74, 6) is 0.575. The summed E-state index contributed by atoms with van der Waals surface area (Å²) in [7, 11) is 0. The Morgan fingerprint density at radius 2 is 1.72 bits per heavy atom. The standard InChI is InChI=1S/C15H30N2O/c1-6-16-13-12(11-17-9-7-8-10-17)14(2,3)18-15(13,4)5/h12-13,16H,6-11H2,1-5H3. The van der Waals surface area contributed by atoms with E-state index in [4.69, 9.17) is 4.74 Å². The molecule has 2 aliphatic heterocycles. The fraction of sp³-hybridized carbons (Fsp3) is 1.00. The van der Waals surface area contributed by atoms with E-state index in [1.54, 1.807) is 0 Å². The monoisotopic (exact) mass is 254 g/mol. The van der Waals surface area contributed by atoms with E-state index in [1.165, 1.54) is 32.5 Å². The van der Waals surface area contributed by atoms with Crippen molar-refractivity contribution >= 4 is 0 Å². The molecule has 0 saturated carbocycles. The van der Waals surface area contributed by atoms with Crippen LogP contribution in [0.25, 0.3) is 0 Å². The predicted octanol–water partition coefficient (Wildman–Crippen LogP) is 2.26. The summed E-state index contributed by atoms with van der Waals surface area (Å²) in [6.07, 6.45) is 2.73. The van der Waals surface area contributed by atoms with Crippen molar-refractivity contribution in [2.24, 2.45) is 5.92 Å². The second-order valence-corrected chi connectivity index (χ2v) is 6.96. The van der Waals surface area contributed by atoms with E-state index in [0.29, 0.717) is 12.0 Å². The minimum atomic E-state index is -0.0656. The van der Waals surface area contributed by atoms with Crippen LogP contribution in [-0.2, 0) is 4.74 Å². The average molecular weight is 254 g/mol. The molecule has 2 aliphatic rings. The number of nitrogens with one attached hydrogen (secondary N) is 1. The van der Waals surface area contributed by atoms with Gasteiger partial charge in [-0.15, -0.1) is 0 Å². The molecule has 0 aromatic heterocycles. The van der Waals surface area contributed by atoms with Crippen LogP contribution in [-0.4, -0.2) is 48.3 Å². The Labute approximate surface area is 112 Å². The topological polar surface area (TPSA) is 24.5 Å². The van der Waals surface area contributed by atoms with Gasteiger partial charge in [-0.1, -0.05) is 6.92 Å². The van der Waals surface area contributed by atoms with Gasteiger partial charge in [-0.05, 0) is 60.2 Å². The molecule has 2 rings (SSSR count). The molecule has 2 unspecified atom stereocenters. The van der Waals surface area contributed by atoms with Gasteiger partial charge in [0.1, 0.15) is 0 Å². The van der Waals surface area contributed by atoms with Crippen molar-refractivity contribution in [1.82, 2.24) is 10.2 Å². The van der Waals surface area contributed by atoms with Crippen LogP contribution < -0.4 is 5.32 Å². The molecule has 0 radical (unpaired) electrons. The average Bonchev–Trinajstić information content (AvgIpc) is 2.78. The normalized spacial score (nSPS) is 35.2. The highest BCUT2D eigenvalue weighted by atomic mass is 16.5. The van der Waals surface area contributed by atoms with Crippen LogP contribution in [0.4, 0.5) is 0 Å². The lowest BCUT2D eigenvalue weighted by Gasteiger charge is -2.33. The van der Waals surface area contributed by atoms with Crippen LogP contribution in [0.2, 0.25) is 0 Å². The van der Waals surface area contributed by atoms with Crippen molar-refractivity contribution in [3.8, 4) is 0 Å². The lowest BCUT2D eigenvalue weighted by atomic mass is 9.82. The van der Waals surface area contributed by atoms with Gasteiger partial charge in [-0.25, -0.2) is 0 Å². The van der Waals surface area contributed by atoms with E-state index in [0.717, 1.165) is 6.54 Å². The summed E-state index contributed by atoms with van der Waals surface area (Å²) >= 11 is 0. The van der Waals surface area contributed by atoms with Crippen LogP contribution in [0.15, 0.2) is 0 Å². The number of hydrogen-bond donors (Lipinski definition) is 1. The summed E-state index contributed by atoms with van der Waals surface area (Å²) in [6, 6.07) is 0.457. The lowest BCUT2D eigenvalue weighted by molar-refractivity contribution is -0.0792. The smallest absolute Gasteiger partial charge is 0.0790 e. The molecule has 2 fully saturated rings. The lowest BCUT2D eigenvalue weighted by Crippen LogP contribution is -2.50. The Morgan fingerprint density at radius 1 is 1.11 bits per heavy atom. The predicted molar refractivity (Wildman–Crippen MR) is 75.9 cm³/mol. The van der Waals surface area contributed by atoms with Crippen LogP contribution in [0.1, 0.15) is 47.5 Å². The van der Waals surface area contributed by atoms with Gasteiger partial charge in [0, 0.05) is 18.5 Å². The molecule has 3 heteroatoms. The maximum atomic E-state index is 6.34. The summed E-state index contributed by atoms with van der Waals surface area (Å²) in [5, 5.41) is 3.66. The molecule has 0 aliphatic carbocycles. The van der Waals surface area contributed by atoms with Crippen LogP contribution in [0.5, 0.6) is 0 Å². The van der Waals surface area contributed by atoms with Crippen molar-refractivity contribution in [2.45, 2.75) is 64.7 Å². The Balaban J connectivity index is 2.11. The third kappa shape index (κ3) is 2.73. The van der Waals surface area contributed by atoms with Crippen LogP contribution in [0.3, 0.4) is 0 Å². The summed E-state index contributed by atoms with van der Waals surface area (Å²) in [4.78, 5) is 2.61. The molecule has 0 spiro atoms. The Hall–Kier alpha value is -0.120. The van der Waals surface area contributed by atoms with Gasteiger partial charge < -0.3 is 15.0 Å². The van der Waals surface area contributed by atoms with Gasteiger partial charge >= 0.3 is 0 Å². The molecule has 0 aromatic carbocycles. The van der Waals surface area contributed by atoms with Gasteiger partial charge in [0.25, 0.3) is 0 Å². The molecule has 106 valence electrons. The minimum Gasteiger partial charge on any atom is -0.368 e. The summed E-state index contributed by atoms with van der Waals surface area (Å²) in [6.45, 7) is 15.9. The Bertz CT molecular complexity index is 282. The molecule has 3 nitrogen and oxygen atoms in total. The van der Waals surface area contributed by atoms with Gasteiger partial charge in [-0.3, -0.25) is 0 Å². The van der Waals surface area contributed by atoms with Gasteiger partial charge in [0.2, 0.25) is 0 Å². The third-order valence-electron chi connectivity index (χ3n) is 4.65. The van der Waals surface area contributed by atoms with Crippen LogP contribution >= 0.6 is 0 Å². The van der Waals surface area contributed by atoms with E-state index < -0.39 is 0 Å². The minimum absolute atomic E-state index is 0.0288. The van der Waals surface area contributed by atoms with Crippen molar-refractivity contribution in [2.75, 3.05) is 26.2 Å². The van der Waals surface area contributed by atoms with Crippen molar-refractivity contribution in [3.63, 3.8) is 0 Å². The highest BCUT2D eigenvalue weighted by Crippen LogP contribution is 2.42. The molecule has 0 aromatic rings. The number of hydrogen-bond acceptors (Lipinski definition) is 3. The van der Waals surface area contributed by atoms with E-state index in [9.17, 15) is 0 Å². The maximum absolute atomic E-state index is 6.34. The zero-order chi connectivity index (χ0) is 13.4. The molecule has 2 heterocycles. The molecule has 1 N–H and O–H groups in total. The SMILES string of the molecule is CCNC1C(CN2CCCC2)C(C)(C)OC1(C)C. The highest BCUT2D eigenvalue weighted by Gasteiger charge is 2.53. The summed E-state index contributed by atoms with van der Waals surface area (Å²) < 4.78 is 6.34. The first-order chi connectivity index (χ1) is 8.37. The number of likely N-dealkylation sites (tertiary alicyclic amines) is 1. The zero-order valence-corrected chi connectivity index (χ0v) is 12.8. The fourth-order valence-corrected chi connectivity index (χ4v) is 3.88. The molecule has 0 bridgehead atoms. The van der Waals surface area contributed by atoms with Crippen molar-refractivity contribution < 1.29 is 4.74 Å². The van der Waals surface area contributed by atoms with Gasteiger partial charge in [0.15, 0.2) is 0 Å². The third-order valence-corrected chi connectivity index (χ3v) is 4.65. The second-order valence-electron chi connectivity index (χ2n) is 6.96. The quantitative estimate of drug-likeness (QED) is 0.833. The van der Waals surface area contributed by atoms with Gasteiger partial charge in [0.05, 0.1) is 11.2 Å². The van der Waals surface area contributed by atoms with Crippen molar-refractivity contribution in [3.05, 3.63) is 0 Å². The molecule has 2 atom stereocenters. The maximum Gasteiger partial charge on any atom is 0.0790 e. The first kappa shape index (κ1) is 14.3. The zero-order valence-electron chi connectivity index (χ0n) is 12.8. The van der Waals surface area contributed by atoms with Crippen molar-refractivity contribution in [1.29, 1.82) is 0 Å². The molecular formula is C15H30N2O. The molecule has 2 saturated heterocycles. The number of rotatable bonds is 4. The largest absolute Gasteiger partial charge is 0.368 e. The summed E-state index contributed by atoms with van der Waals surface area (Å²) in [5.41, 5.74) is -0.0944. The van der Waals surface area contributed by atoms with E-state index in [1.807, 2.05) is 0 Å².